The van der Waals surface area contributed by atoms with E-state index < -0.39 is 0 Å². The largest absolute Gasteiger partial charge is 0.369 e. The Hall–Kier alpha value is -1.30. The van der Waals surface area contributed by atoms with Gasteiger partial charge in [0.05, 0.1) is 5.92 Å². The Balaban J connectivity index is 1.65. The predicted octanol–water partition coefficient (Wildman–Crippen LogP) is 0.881. The number of hydrogen-bond acceptors (Lipinski definition) is 3. The van der Waals surface area contributed by atoms with Gasteiger partial charge in [0.15, 0.2) is 5.96 Å². The fraction of sp³-hybridized carbons (Fsp3) is 0.882. The Morgan fingerprint density at radius 1 is 1.26 bits per heavy atom. The van der Waals surface area contributed by atoms with Crippen LogP contribution in [0.3, 0.4) is 0 Å². The van der Waals surface area contributed by atoms with Crippen molar-refractivity contribution in [2.45, 2.75) is 39.0 Å². The zero-order chi connectivity index (χ0) is 16.7. The first-order valence-electron chi connectivity index (χ1n) is 9.07. The molecule has 3 N–H and O–H groups in total. The maximum Gasteiger partial charge on any atom is 0.221 e. The normalized spacial score (nSPS) is 24.7. The second-order valence-electron chi connectivity index (χ2n) is 7.04. The quantitative estimate of drug-likeness (QED) is 0.447. The van der Waals surface area contributed by atoms with Crippen molar-refractivity contribution in [2.75, 3.05) is 46.3 Å². The summed E-state index contributed by atoms with van der Waals surface area (Å²) in [4.78, 5) is 20.5. The number of nitrogens with one attached hydrogen (secondary N) is 1. The molecule has 0 aliphatic carbocycles. The van der Waals surface area contributed by atoms with Crippen LogP contribution in [0.5, 0.6) is 0 Å². The number of carbonyl (C=O) groups excluding carboxylic acids is 1. The van der Waals surface area contributed by atoms with Gasteiger partial charge in [-0.2, -0.15) is 0 Å². The van der Waals surface area contributed by atoms with Gasteiger partial charge in [-0.3, -0.25) is 9.79 Å². The molecule has 2 saturated heterocycles. The summed E-state index contributed by atoms with van der Waals surface area (Å²) < 4.78 is 0. The Kier molecular flexibility index (Phi) is 7.15. The fourth-order valence-electron chi connectivity index (χ4n) is 3.55. The van der Waals surface area contributed by atoms with Gasteiger partial charge >= 0.3 is 0 Å². The molecule has 0 aromatic heterocycles. The summed E-state index contributed by atoms with van der Waals surface area (Å²) in [6.45, 7) is 8.39. The zero-order valence-corrected chi connectivity index (χ0v) is 14.8. The molecule has 2 rings (SSSR count). The molecule has 1 unspecified atom stereocenters. The molecule has 23 heavy (non-hydrogen) atoms. The van der Waals surface area contributed by atoms with E-state index in [4.69, 9.17) is 5.73 Å². The summed E-state index contributed by atoms with van der Waals surface area (Å²) >= 11 is 0. The van der Waals surface area contributed by atoms with Crippen molar-refractivity contribution in [1.29, 1.82) is 0 Å². The first-order valence-corrected chi connectivity index (χ1v) is 9.07. The van der Waals surface area contributed by atoms with Crippen LogP contribution >= 0.6 is 0 Å². The molecule has 6 nitrogen and oxygen atoms in total. The molecule has 0 aromatic rings. The number of amides is 1. The van der Waals surface area contributed by atoms with Gasteiger partial charge < -0.3 is 20.9 Å². The number of primary amides is 1. The number of nitrogens with zero attached hydrogens (tertiary/aromatic N) is 3. The molecular formula is C17H33N5O. The van der Waals surface area contributed by atoms with Crippen molar-refractivity contribution in [3.8, 4) is 0 Å². The Morgan fingerprint density at radius 3 is 2.65 bits per heavy atom. The maximum atomic E-state index is 11.3. The number of nitrogens with two attached hydrogens (primary N) is 1. The van der Waals surface area contributed by atoms with E-state index >= 15 is 0 Å². The number of rotatable bonds is 5. The predicted molar refractivity (Wildman–Crippen MR) is 94.3 cm³/mol. The Morgan fingerprint density at radius 2 is 2.00 bits per heavy atom. The van der Waals surface area contributed by atoms with Gasteiger partial charge in [-0.05, 0) is 51.1 Å². The summed E-state index contributed by atoms with van der Waals surface area (Å²) in [5.41, 5.74) is 5.44. The van der Waals surface area contributed by atoms with Gasteiger partial charge in [0, 0.05) is 33.2 Å². The lowest BCUT2D eigenvalue weighted by Gasteiger charge is -2.33. The molecule has 1 atom stereocenters. The van der Waals surface area contributed by atoms with Gasteiger partial charge in [-0.1, -0.05) is 6.92 Å². The minimum atomic E-state index is -0.146. The topological polar surface area (TPSA) is 74.0 Å². The number of hydrogen-bond donors (Lipinski definition) is 2. The van der Waals surface area contributed by atoms with E-state index in [1.165, 1.54) is 12.8 Å². The zero-order valence-electron chi connectivity index (χ0n) is 14.8. The van der Waals surface area contributed by atoms with E-state index in [1.54, 1.807) is 0 Å². The third-order valence-electron chi connectivity index (χ3n) is 5.14. The molecule has 2 heterocycles. The highest BCUT2D eigenvalue weighted by Crippen LogP contribution is 2.17. The summed E-state index contributed by atoms with van der Waals surface area (Å²) in [5, 5.41) is 3.49. The number of piperidine rings is 2. The maximum absolute atomic E-state index is 11.3. The highest BCUT2D eigenvalue weighted by Gasteiger charge is 2.23. The first-order chi connectivity index (χ1) is 11.1. The molecule has 6 heteroatoms. The van der Waals surface area contributed by atoms with Gasteiger partial charge in [0.25, 0.3) is 0 Å². The highest BCUT2D eigenvalue weighted by atomic mass is 16.1. The molecule has 2 aliphatic heterocycles. The standard InChI is InChI=1S/C17H33N5O/c1-14-6-11-22(12-7-14)17(19-2)20-8-4-10-21-9-3-5-15(13-21)16(18)23/h14-15H,3-13H2,1-2H3,(H2,18,23)(H,19,20). The van der Waals surface area contributed by atoms with Crippen LogP contribution in [0, 0.1) is 11.8 Å². The minimum Gasteiger partial charge on any atom is -0.369 e. The molecule has 0 aromatic carbocycles. The van der Waals surface area contributed by atoms with Gasteiger partial charge in [0.1, 0.15) is 0 Å². The Bertz CT molecular complexity index is 404. The van der Waals surface area contributed by atoms with Crippen molar-refractivity contribution >= 4 is 11.9 Å². The lowest BCUT2D eigenvalue weighted by Crippen LogP contribution is -2.46. The molecule has 0 saturated carbocycles. The fourth-order valence-corrected chi connectivity index (χ4v) is 3.55. The third-order valence-corrected chi connectivity index (χ3v) is 5.14. The second kappa shape index (κ2) is 9.11. The second-order valence-corrected chi connectivity index (χ2v) is 7.04. The molecule has 2 fully saturated rings. The average Bonchev–Trinajstić information content (AvgIpc) is 2.56. The molecule has 0 radical (unpaired) electrons. The molecular weight excluding hydrogens is 290 g/mol. The van der Waals surface area contributed by atoms with Crippen LogP contribution < -0.4 is 11.1 Å². The lowest BCUT2D eigenvalue weighted by atomic mass is 9.97. The monoisotopic (exact) mass is 323 g/mol. The van der Waals surface area contributed by atoms with Crippen molar-refractivity contribution < 1.29 is 4.79 Å². The van der Waals surface area contributed by atoms with Gasteiger partial charge in [0.2, 0.25) is 5.91 Å². The third kappa shape index (κ3) is 5.68. The van der Waals surface area contributed by atoms with Gasteiger partial charge in [-0.25, -0.2) is 0 Å². The number of aliphatic imine (C=N–C) groups is 1. The number of likely N-dealkylation sites (tertiary alicyclic amines) is 2. The van der Waals surface area contributed by atoms with E-state index in [1.807, 2.05) is 7.05 Å². The van der Waals surface area contributed by atoms with Crippen LogP contribution in [-0.2, 0) is 4.79 Å². The van der Waals surface area contributed by atoms with Crippen molar-refractivity contribution in [3.63, 3.8) is 0 Å². The first kappa shape index (κ1) is 18.0. The van der Waals surface area contributed by atoms with E-state index in [0.29, 0.717) is 0 Å². The van der Waals surface area contributed by atoms with Gasteiger partial charge in [-0.15, -0.1) is 0 Å². The summed E-state index contributed by atoms with van der Waals surface area (Å²) in [5.74, 6) is 1.76. The molecule has 0 bridgehead atoms. The van der Waals surface area contributed by atoms with Crippen LogP contribution in [0.2, 0.25) is 0 Å². The van der Waals surface area contributed by atoms with Crippen LogP contribution in [0.4, 0.5) is 0 Å². The molecule has 0 spiro atoms. The SMILES string of the molecule is CN=C(NCCCN1CCCC(C(N)=O)C1)N1CCC(C)CC1. The number of carbonyl (C=O) groups is 1. The summed E-state index contributed by atoms with van der Waals surface area (Å²) in [6, 6.07) is 0. The number of guanidine groups is 1. The summed E-state index contributed by atoms with van der Waals surface area (Å²) in [6.07, 6.45) is 5.60. The van der Waals surface area contributed by atoms with Crippen molar-refractivity contribution in [2.24, 2.45) is 22.6 Å². The van der Waals surface area contributed by atoms with Crippen LogP contribution in [0.15, 0.2) is 4.99 Å². The molecule has 1 amide bonds. The molecule has 2 aliphatic rings. The van der Waals surface area contributed by atoms with Crippen molar-refractivity contribution in [3.05, 3.63) is 0 Å². The minimum absolute atomic E-state index is 0.0415. The van der Waals surface area contributed by atoms with E-state index in [0.717, 1.165) is 70.4 Å². The average molecular weight is 323 g/mol. The van der Waals surface area contributed by atoms with Crippen molar-refractivity contribution in [1.82, 2.24) is 15.1 Å². The molecule has 132 valence electrons. The lowest BCUT2D eigenvalue weighted by molar-refractivity contribution is -0.123. The van der Waals surface area contributed by atoms with Crippen LogP contribution in [-0.4, -0.2) is 68.0 Å². The summed E-state index contributed by atoms with van der Waals surface area (Å²) in [7, 11) is 1.86. The highest BCUT2D eigenvalue weighted by molar-refractivity contribution is 5.79. The van der Waals surface area contributed by atoms with E-state index in [2.05, 4.69) is 27.0 Å². The van der Waals surface area contributed by atoms with E-state index in [-0.39, 0.29) is 11.8 Å². The smallest absolute Gasteiger partial charge is 0.221 e. The van der Waals surface area contributed by atoms with Crippen LogP contribution in [0.1, 0.15) is 39.0 Å². The van der Waals surface area contributed by atoms with E-state index in [9.17, 15) is 4.79 Å². The Labute approximate surface area is 140 Å². The van der Waals surface area contributed by atoms with Crippen LogP contribution in [0.25, 0.3) is 0 Å².